The Balaban J connectivity index is 1.46. The normalized spacial score (nSPS) is 11.8. The molecule has 11 heteroatoms. The lowest BCUT2D eigenvalue weighted by atomic mass is 10.2. The maximum Gasteiger partial charge on any atom is 0.255 e. The number of hydrogen-bond acceptors (Lipinski definition) is 5. The van der Waals surface area contributed by atoms with Gasteiger partial charge in [0.15, 0.2) is 0 Å². The zero-order valence-corrected chi connectivity index (χ0v) is 22.2. The fraction of sp³-hybridized carbons (Fsp3) is 0.0769. The summed E-state index contributed by atoms with van der Waals surface area (Å²) in [6, 6.07) is 23.1. The first kappa shape index (κ1) is 26.9. The molecule has 3 aromatic carbocycles. The topological polar surface area (TPSA) is 92.0 Å². The van der Waals surface area contributed by atoms with Crippen LogP contribution in [-0.2, 0) is 21.4 Å². The lowest BCUT2D eigenvalue weighted by Crippen LogP contribution is -2.39. The van der Waals surface area contributed by atoms with E-state index in [-0.39, 0.29) is 11.4 Å². The summed E-state index contributed by atoms with van der Waals surface area (Å²) in [6.45, 7) is -0.464. The molecule has 0 fully saturated rings. The van der Waals surface area contributed by atoms with Gasteiger partial charge in [-0.15, -0.1) is 0 Å². The number of amides is 1. The van der Waals surface area contributed by atoms with E-state index in [2.05, 4.69) is 10.5 Å². The molecular weight excluding hydrogens is 557 g/mol. The molecule has 0 aliphatic heterocycles. The third-order valence-corrected chi connectivity index (χ3v) is 7.62. The van der Waals surface area contributed by atoms with E-state index < -0.39 is 22.5 Å². The van der Waals surface area contributed by atoms with Gasteiger partial charge in [-0.2, -0.15) is 9.41 Å². The van der Waals surface area contributed by atoms with Gasteiger partial charge in [-0.05, 0) is 60.2 Å². The molecule has 0 radical (unpaired) electrons. The van der Waals surface area contributed by atoms with Gasteiger partial charge < -0.3 is 4.42 Å². The van der Waals surface area contributed by atoms with E-state index in [9.17, 15) is 13.2 Å². The van der Waals surface area contributed by atoms with E-state index in [1.54, 1.807) is 54.6 Å². The van der Waals surface area contributed by atoms with Crippen LogP contribution in [0.25, 0.3) is 11.3 Å². The quantitative estimate of drug-likeness (QED) is 0.188. The van der Waals surface area contributed by atoms with Crippen molar-refractivity contribution in [3.63, 3.8) is 0 Å². The van der Waals surface area contributed by atoms with Crippen LogP contribution in [0.4, 0.5) is 0 Å². The third kappa shape index (κ3) is 7.21. The lowest BCUT2D eigenvalue weighted by Gasteiger charge is -2.21. The smallest absolute Gasteiger partial charge is 0.255 e. The second kappa shape index (κ2) is 11.9. The summed E-state index contributed by atoms with van der Waals surface area (Å²) in [5.41, 5.74) is 3.76. The van der Waals surface area contributed by atoms with Crippen LogP contribution in [-0.4, -0.2) is 31.4 Å². The van der Waals surface area contributed by atoms with Gasteiger partial charge in [-0.1, -0.05) is 65.1 Å². The van der Waals surface area contributed by atoms with Gasteiger partial charge in [0.1, 0.15) is 11.5 Å². The molecule has 37 heavy (non-hydrogen) atoms. The Bertz CT molecular complexity index is 1500. The van der Waals surface area contributed by atoms with Crippen LogP contribution in [0.1, 0.15) is 11.3 Å². The molecule has 0 bridgehead atoms. The van der Waals surface area contributed by atoms with Crippen molar-refractivity contribution in [1.29, 1.82) is 0 Å². The Hall–Kier alpha value is -3.14. The third-order valence-electron chi connectivity index (χ3n) is 5.13. The van der Waals surface area contributed by atoms with Crippen molar-refractivity contribution in [2.24, 2.45) is 5.10 Å². The fourth-order valence-electron chi connectivity index (χ4n) is 3.41. The first-order valence-electron chi connectivity index (χ1n) is 10.9. The predicted molar refractivity (Wildman–Crippen MR) is 145 cm³/mol. The average molecular weight is 577 g/mol. The van der Waals surface area contributed by atoms with Gasteiger partial charge in [0.2, 0.25) is 10.0 Å². The van der Waals surface area contributed by atoms with E-state index in [1.165, 1.54) is 30.5 Å². The molecule has 0 unspecified atom stereocenters. The van der Waals surface area contributed by atoms with Gasteiger partial charge in [0.05, 0.1) is 17.7 Å². The Morgan fingerprint density at radius 2 is 1.57 bits per heavy atom. The molecule has 1 amide bonds. The van der Waals surface area contributed by atoms with E-state index in [1.807, 2.05) is 6.07 Å². The second-order valence-corrected chi connectivity index (χ2v) is 11.1. The van der Waals surface area contributed by atoms with E-state index in [0.717, 1.165) is 9.87 Å². The van der Waals surface area contributed by atoms with Crippen LogP contribution in [0.15, 0.2) is 99.3 Å². The van der Waals surface area contributed by atoms with Gasteiger partial charge in [-0.25, -0.2) is 13.8 Å². The Morgan fingerprint density at radius 3 is 2.24 bits per heavy atom. The minimum atomic E-state index is -4.00. The van der Waals surface area contributed by atoms with Crippen molar-refractivity contribution in [2.75, 3.05) is 6.54 Å². The zero-order valence-electron chi connectivity index (χ0n) is 19.1. The number of rotatable bonds is 9. The predicted octanol–water partition coefficient (Wildman–Crippen LogP) is 6.25. The molecule has 0 aliphatic rings. The second-order valence-electron chi connectivity index (χ2n) is 7.87. The highest BCUT2D eigenvalue weighted by Crippen LogP contribution is 2.28. The maximum absolute atomic E-state index is 13.3. The molecule has 4 rings (SSSR count). The van der Waals surface area contributed by atoms with Gasteiger partial charge in [0, 0.05) is 27.2 Å². The van der Waals surface area contributed by atoms with E-state index in [0.29, 0.717) is 32.2 Å². The summed E-state index contributed by atoms with van der Waals surface area (Å²) in [4.78, 5) is 12.7. The molecule has 0 saturated carbocycles. The van der Waals surface area contributed by atoms with Crippen LogP contribution >= 0.6 is 34.8 Å². The molecule has 190 valence electrons. The minimum Gasteiger partial charge on any atom is -0.455 e. The summed E-state index contributed by atoms with van der Waals surface area (Å²) in [6.07, 6.45) is 1.31. The van der Waals surface area contributed by atoms with Crippen LogP contribution in [0.5, 0.6) is 0 Å². The average Bonchev–Trinajstić information content (AvgIpc) is 3.33. The number of halogens is 3. The van der Waals surface area contributed by atoms with Crippen LogP contribution in [0, 0.1) is 0 Å². The summed E-state index contributed by atoms with van der Waals surface area (Å²) in [5, 5.41) is 5.24. The molecule has 0 spiro atoms. The maximum atomic E-state index is 13.3. The first-order valence-corrected chi connectivity index (χ1v) is 13.5. The highest BCUT2D eigenvalue weighted by atomic mass is 35.5. The lowest BCUT2D eigenvalue weighted by molar-refractivity contribution is -0.121. The largest absolute Gasteiger partial charge is 0.455 e. The van der Waals surface area contributed by atoms with Crippen LogP contribution in [0.2, 0.25) is 15.1 Å². The molecule has 4 aromatic rings. The number of carbonyl (C=O) groups excluding carboxylic acids is 1. The van der Waals surface area contributed by atoms with Crippen molar-refractivity contribution in [3.05, 3.63) is 111 Å². The monoisotopic (exact) mass is 575 g/mol. The number of carbonyl (C=O) groups is 1. The Kier molecular flexibility index (Phi) is 8.68. The van der Waals surface area contributed by atoms with Crippen molar-refractivity contribution in [3.8, 4) is 11.3 Å². The minimum absolute atomic E-state index is 0.00727. The molecule has 1 aromatic heterocycles. The standard InChI is InChI=1S/C26H20Cl3N3O4S/c27-20-6-9-24(10-7-20)37(34,35)32(16-18-4-2-1-3-5-18)17-26(33)31-30-15-23-8-11-25(36-23)19-12-21(28)14-22(29)13-19/h1-15H,16-17H2,(H,31,33)/b30-15-. The van der Waals surface area contributed by atoms with Crippen LogP contribution in [0.3, 0.4) is 0 Å². The van der Waals surface area contributed by atoms with Crippen molar-refractivity contribution < 1.29 is 17.6 Å². The number of hydrogen-bond donors (Lipinski definition) is 1. The molecule has 0 atom stereocenters. The van der Waals surface area contributed by atoms with Crippen molar-refractivity contribution >= 4 is 56.9 Å². The van der Waals surface area contributed by atoms with Crippen molar-refractivity contribution in [1.82, 2.24) is 9.73 Å². The molecule has 1 N–H and O–H groups in total. The first-order chi connectivity index (χ1) is 17.7. The number of sulfonamides is 1. The molecule has 1 heterocycles. The van der Waals surface area contributed by atoms with Crippen molar-refractivity contribution in [2.45, 2.75) is 11.4 Å². The molecule has 0 aliphatic carbocycles. The van der Waals surface area contributed by atoms with E-state index in [4.69, 9.17) is 39.2 Å². The van der Waals surface area contributed by atoms with Gasteiger partial charge in [-0.3, -0.25) is 4.79 Å². The summed E-state index contributed by atoms with van der Waals surface area (Å²) in [7, 11) is -4.00. The molecule has 0 saturated heterocycles. The summed E-state index contributed by atoms with van der Waals surface area (Å²) in [5.74, 6) is 0.250. The fourth-order valence-corrected chi connectivity index (χ4v) is 5.44. The highest BCUT2D eigenvalue weighted by molar-refractivity contribution is 7.89. The number of hydrazone groups is 1. The number of nitrogens with one attached hydrogen (secondary N) is 1. The Labute approximate surface area is 229 Å². The summed E-state index contributed by atoms with van der Waals surface area (Å²) >= 11 is 18.0. The number of benzene rings is 3. The number of furan rings is 1. The number of nitrogens with zero attached hydrogens (tertiary/aromatic N) is 2. The zero-order chi connectivity index (χ0) is 26.4. The molecule has 7 nitrogen and oxygen atoms in total. The van der Waals surface area contributed by atoms with Gasteiger partial charge in [0.25, 0.3) is 5.91 Å². The highest BCUT2D eigenvalue weighted by Gasteiger charge is 2.27. The SMILES string of the molecule is O=C(CN(Cc1ccccc1)S(=O)(=O)c1ccc(Cl)cc1)N/N=C\c1ccc(-c2cc(Cl)cc(Cl)c2)o1. The Morgan fingerprint density at radius 1 is 0.892 bits per heavy atom. The van der Waals surface area contributed by atoms with Crippen LogP contribution < -0.4 is 5.43 Å². The van der Waals surface area contributed by atoms with Gasteiger partial charge >= 0.3 is 0 Å². The summed E-state index contributed by atoms with van der Waals surface area (Å²) < 4.78 is 33.4. The molecular formula is C26H20Cl3N3O4S. The van der Waals surface area contributed by atoms with E-state index >= 15 is 0 Å².